The highest BCUT2D eigenvalue weighted by molar-refractivity contribution is 6.03. The van der Waals surface area contributed by atoms with E-state index < -0.39 is 29.9 Å². The first kappa shape index (κ1) is 86.4. The summed E-state index contributed by atoms with van der Waals surface area (Å²) in [7, 11) is 0. The number of ether oxygens (including phenoxy) is 1. The number of nitrogens with zero attached hydrogens (tertiary/aromatic N) is 2. The molecule has 0 spiro atoms. The van der Waals surface area contributed by atoms with Gasteiger partial charge in [-0.2, -0.15) is 13.2 Å². The second-order valence-electron chi connectivity index (χ2n) is 31.1. The number of aliphatic hydroxyl groups excluding tert-OH is 3. The number of alkyl halides is 3. The van der Waals surface area contributed by atoms with E-state index in [2.05, 4.69) is 184 Å². The maximum absolute atomic E-state index is 12.9. The number of benzene rings is 16. The second kappa shape index (κ2) is 40.1. The molecule has 3 unspecified atom stereocenters. The minimum atomic E-state index is -4.69. The van der Waals surface area contributed by atoms with Crippen molar-refractivity contribution in [3.05, 3.63) is 488 Å². The minimum Gasteiger partial charge on any atom is -0.507 e. The zero-order valence-corrected chi connectivity index (χ0v) is 69.5. The van der Waals surface area contributed by atoms with Crippen LogP contribution in [0.5, 0.6) is 11.5 Å². The van der Waals surface area contributed by atoms with Crippen molar-refractivity contribution in [1.82, 2.24) is 0 Å². The summed E-state index contributed by atoms with van der Waals surface area (Å²) in [6.45, 7) is 17.6. The van der Waals surface area contributed by atoms with Crippen LogP contribution < -0.4 is 9.80 Å². The number of fused-ring (bicyclic) bond motifs is 8. The topological polar surface area (TPSA) is 137 Å². The smallest absolute Gasteiger partial charge is 0.418 e. The van der Waals surface area contributed by atoms with E-state index in [1.54, 1.807) is 121 Å². The molecule has 2 bridgehead atoms. The molecule has 614 valence electrons. The summed E-state index contributed by atoms with van der Waals surface area (Å²) < 4.78 is 44.5. The predicted molar refractivity (Wildman–Crippen MR) is 490 cm³/mol. The third kappa shape index (κ3) is 20.9. The lowest BCUT2D eigenvalue weighted by atomic mass is 9.64. The number of halogens is 3. The predicted octanol–water partition coefficient (Wildman–Crippen LogP) is 26.0. The number of aromatic hydroxyl groups is 2. The Hall–Kier alpha value is -13.5. The number of aryl methyl sites for hydroxylation is 7. The average Bonchev–Trinajstić information content (AvgIpc) is 0.880. The van der Waals surface area contributed by atoms with Crippen LogP contribution in [0.3, 0.4) is 0 Å². The normalized spacial score (nSPS) is 14.1. The Morgan fingerprint density at radius 2 is 0.705 bits per heavy atom. The van der Waals surface area contributed by atoms with E-state index in [0.29, 0.717) is 43.8 Å². The number of rotatable bonds is 12. The Morgan fingerprint density at radius 1 is 0.361 bits per heavy atom. The summed E-state index contributed by atoms with van der Waals surface area (Å²) in [6.07, 6.45) is -8.47. The van der Waals surface area contributed by atoms with Gasteiger partial charge >= 0.3 is 6.18 Å². The molecule has 0 aliphatic carbocycles. The summed E-state index contributed by atoms with van der Waals surface area (Å²) in [5.74, 6) is 0.126. The first-order valence-electron chi connectivity index (χ1n) is 41.0. The highest BCUT2D eigenvalue weighted by Gasteiger charge is 2.45. The molecule has 3 aliphatic rings. The van der Waals surface area contributed by atoms with E-state index in [4.69, 9.17) is 4.74 Å². The van der Waals surface area contributed by atoms with Gasteiger partial charge in [0.25, 0.3) is 0 Å². The molecular weight excluding hydrogens is 1520 g/mol. The SMILES string of the molecule is Cc1cc(C)cc(C)c1.Cc1ccc2c(c1)CN1CN2Cc2cc(C)ccc21.Cc1cccc(O)c1-c1c(C)cccc1O.O=C(c1ccccc1)C(O)c1ccccc1.OC(c1c2ccccc2cc2ccccc12)C(F)(F)F.OC(c1ccccc1)C(c1ccccc1)(c1ccccc1)c1ccccc1.c1ccc([C@@H]2O[C@H]2c2ccccc2)cc1. The van der Waals surface area contributed by atoms with Gasteiger partial charge in [-0.1, -0.05) is 386 Å². The summed E-state index contributed by atoms with van der Waals surface area (Å²) in [6, 6.07) is 126. The van der Waals surface area contributed by atoms with Gasteiger partial charge in [0, 0.05) is 46.7 Å². The molecule has 3 heterocycles. The maximum atomic E-state index is 12.9. The third-order valence-corrected chi connectivity index (χ3v) is 22.1. The second-order valence-corrected chi connectivity index (χ2v) is 31.1. The van der Waals surface area contributed by atoms with Crippen molar-refractivity contribution in [2.24, 2.45) is 0 Å². The van der Waals surface area contributed by atoms with Gasteiger partial charge in [0.2, 0.25) is 0 Å². The molecule has 9 nitrogen and oxygen atoms in total. The molecule has 0 amide bonds. The van der Waals surface area contributed by atoms with Crippen LogP contribution in [0.4, 0.5) is 24.5 Å². The standard InChI is InChI=1S/C26H22O.C17H18N2.C16H11F3O.C14H14O2.C14H12O2.C14H12O.C9H12/c27-25(21-13-5-1-6-14-21)26(22-15-7-2-8-16-22,23-17-9-3-10-18-23)24-19-11-4-12-20-24;1-12-3-5-16-14(7-12)9-18-11-19(16)10-15-8-13(2)4-6-17(15)18;17-16(18,19)15(20)14-12-7-3-1-5-10(12)9-11-6-2-4-8-13(11)14;1-9-5-3-7-11(15)13(9)14-10(2)6-4-8-12(14)16;15-13(11-7-3-1-4-8-11)14(16)12-9-5-2-6-10-12;1-3-7-11(8-4-1)13-14(15-13)12-9-5-2-6-10-12;1-7-4-8(2)6-9(3)5-7/h1-20,25,27H;3-8H,9-11H2,1-2H3;1-9,15,20H;3-8,15-16H,1-2H3;1-10,13,15H;1-10,13-14H;4-6H,1-3H3/t;;;;;13-,14-;/m.....0./s1. The number of phenolic OH excluding ortho intramolecular Hbond substituents is 2. The zero-order valence-electron chi connectivity index (χ0n) is 69.5. The molecule has 3 aliphatic heterocycles. The van der Waals surface area contributed by atoms with Crippen LogP contribution in [0.15, 0.2) is 388 Å². The van der Waals surface area contributed by atoms with E-state index in [0.717, 1.165) is 53.1 Å². The Bertz CT molecular complexity index is 5710. The lowest BCUT2D eigenvalue weighted by Gasteiger charge is -2.45. The molecule has 0 saturated carbocycles. The number of hydrogen-bond donors (Lipinski definition) is 5. The Labute approximate surface area is 713 Å². The molecule has 16 aromatic rings. The quantitative estimate of drug-likeness (QED) is 0.0350. The Balaban J connectivity index is 0.000000125. The summed E-state index contributed by atoms with van der Waals surface area (Å²) in [5.41, 5.74) is 22.8. The average molecular weight is 1620 g/mol. The van der Waals surface area contributed by atoms with Crippen LogP contribution in [-0.4, -0.2) is 44.2 Å². The van der Waals surface area contributed by atoms with Crippen LogP contribution in [0.1, 0.15) is 135 Å². The van der Waals surface area contributed by atoms with Crippen molar-refractivity contribution in [3.63, 3.8) is 0 Å². The lowest BCUT2D eigenvalue weighted by molar-refractivity contribution is -0.206. The minimum absolute atomic E-state index is 0.0776. The van der Waals surface area contributed by atoms with Crippen molar-refractivity contribution in [2.75, 3.05) is 16.5 Å². The van der Waals surface area contributed by atoms with Crippen molar-refractivity contribution in [1.29, 1.82) is 0 Å². The molecule has 5 N–H and O–H groups in total. The highest BCUT2D eigenvalue weighted by Crippen LogP contribution is 2.52. The number of hydrogen-bond acceptors (Lipinski definition) is 9. The molecule has 122 heavy (non-hydrogen) atoms. The molecule has 16 aromatic carbocycles. The van der Waals surface area contributed by atoms with E-state index in [9.17, 15) is 43.5 Å². The van der Waals surface area contributed by atoms with Gasteiger partial charge in [0.05, 0.1) is 18.2 Å². The van der Waals surface area contributed by atoms with Gasteiger partial charge < -0.3 is 40.1 Å². The fraction of sp³-hybridized carbons (Fsp3) is 0.155. The molecule has 0 aromatic heterocycles. The maximum Gasteiger partial charge on any atom is 0.418 e. The number of ketones is 1. The molecule has 1 saturated heterocycles. The van der Waals surface area contributed by atoms with Crippen LogP contribution >= 0.6 is 0 Å². The molecule has 12 heteroatoms. The number of carbonyl (C=O) groups is 1. The number of phenols is 2. The summed E-state index contributed by atoms with van der Waals surface area (Å²) in [5, 5.41) is 53.4. The van der Waals surface area contributed by atoms with Gasteiger partial charge in [-0.25, -0.2) is 0 Å². The van der Waals surface area contributed by atoms with Crippen molar-refractivity contribution < 1.29 is 48.2 Å². The van der Waals surface area contributed by atoms with Gasteiger partial charge in [0.1, 0.15) is 29.8 Å². The van der Waals surface area contributed by atoms with Crippen LogP contribution in [0.2, 0.25) is 0 Å². The van der Waals surface area contributed by atoms with E-state index in [-0.39, 0.29) is 35.1 Å². The Kier molecular flexibility index (Phi) is 28.4. The molecule has 5 atom stereocenters. The van der Waals surface area contributed by atoms with Crippen molar-refractivity contribution in [3.8, 4) is 22.6 Å². The molecule has 19 rings (SSSR count). The van der Waals surface area contributed by atoms with Gasteiger partial charge in [-0.3, -0.25) is 4.79 Å². The molecular formula is C110H101F3N2O7. The van der Waals surface area contributed by atoms with Crippen molar-refractivity contribution in [2.45, 2.75) is 104 Å². The third-order valence-electron chi connectivity index (χ3n) is 22.1. The van der Waals surface area contributed by atoms with E-state index in [1.807, 2.05) is 141 Å². The monoisotopic (exact) mass is 1620 g/mol. The van der Waals surface area contributed by atoms with E-state index in [1.165, 1.54) is 61.4 Å². The number of Topliss-reactive ketones (excluding diaryl/α,β-unsaturated/α-hetero) is 1. The van der Waals surface area contributed by atoms with Gasteiger partial charge in [0.15, 0.2) is 11.9 Å². The number of epoxide rings is 1. The van der Waals surface area contributed by atoms with Gasteiger partial charge in [-0.15, -0.1) is 0 Å². The lowest BCUT2D eigenvalue weighted by Crippen LogP contribution is -2.46. The molecule has 0 radical (unpaired) electrons. The van der Waals surface area contributed by atoms with Crippen LogP contribution in [-0.2, 0) is 23.2 Å². The number of anilines is 2. The zero-order chi connectivity index (χ0) is 85.9. The van der Waals surface area contributed by atoms with E-state index >= 15 is 0 Å². The van der Waals surface area contributed by atoms with Crippen molar-refractivity contribution >= 4 is 38.7 Å². The fourth-order valence-corrected chi connectivity index (χ4v) is 16.4. The first-order valence-corrected chi connectivity index (χ1v) is 41.0. The largest absolute Gasteiger partial charge is 0.507 e. The fourth-order valence-electron chi connectivity index (χ4n) is 16.4. The van der Waals surface area contributed by atoms with Crippen LogP contribution in [0, 0.1) is 48.5 Å². The molecule has 1 fully saturated rings. The number of aliphatic hydroxyl groups is 3. The first-order chi connectivity index (χ1) is 59.0. The summed E-state index contributed by atoms with van der Waals surface area (Å²) in [4.78, 5) is 16.9. The van der Waals surface area contributed by atoms with Crippen LogP contribution in [0.25, 0.3) is 32.7 Å². The summed E-state index contributed by atoms with van der Waals surface area (Å²) >= 11 is 0. The highest BCUT2D eigenvalue weighted by atomic mass is 19.4. The number of carbonyl (C=O) groups excluding carboxylic acids is 1. The van der Waals surface area contributed by atoms with Gasteiger partial charge in [-0.05, 0) is 162 Å². The Morgan fingerprint density at radius 3 is 1.08 bits per heavy atom.